The van der Waals surface area contributed by atoms with Gasteiger partial charge in [0.15, 0.2) is 0 Å². The lowest BCUT2D eigenvalue weighted by atomic mass is 9.97. The number of hydrogen-bond donors (Lipinski definition) is 2. The summed E-state index contributed by atoms with van der Waals surface area (Å²) in [5.74, 6) is 1.60. The molecule has 148 valence electrons. The lowest BCUT2D eigenvalue weighted by Crippen LogP contribution is -2.04. The van der Waals surface area contributed by atoms with Gasteiger partial charge in [0.05, 0.1) is 6.61 Å². The van der Waals surface area contributed by atoms with Crippen molar-refractivity contribution in [2.24, 2.45) is 0 Å². The normalized spacial score (nSPS) is 12.2. The van der Waals surface area contributed by atoms with Crippen LogP contribution >= 0.6 is 0 Å². The molecular weight excluding hydrogens is 354 g/mol. The van der Waals surface area contributed by atoms with Crippen LogP contribution in [0.1, 0.15) is 60.3 Å². The van der Waals surface area contributed by atoms with Gasteiger partial charge in [0.25, 0.3) is 0 Å². The lowest BCUT2D eigenvalue weighted by molar-refractivity contribution is 0.0520. The van der Waals surface area contributed by atoms with Gasteiger partial charge >= 0.3 is 5.97 Å². The minimum atomic E-state index is -0.366. The van der Waals surface area contributed by atoms with E-state index in [1.54, 1.807) is 25.1 Å². The Kier molecular flexibility index (Phi) is 5.63. The Morgan fingerprint density at radius 3 is 2.61 bits per heavy atom. The van der Waals surface area contributed by atoms with E-state index in [4.69, 9.17) is 9.47 Å². The van der Waals surface area contributed by atoms with Gasteiger partial charge in [-0.1, -0.05) is 13.8 Å². The second kappa shape index (κ2) is 7.97. The number of benzene rings is 2. The SMILES string of the molecule is CCOC(=O)c1cc2c(C)c(Oc3ccc(O)c(C(C)CC)c3)c(C)cc2[nH]1. The van der Waals surface area contributed by atoms with E-state index in [1.165, 1.54) is 0 Å². The van der Waals surface area contributed by atoms with E-state index in [2.05, 4.69) is 18.8 Å². The molecule has 0 bridgehead atoms. The molecular formula is C23H27NO4. The Morgan fingerprint density at radius 1 is 1.18 bits per heavy atom. The lowest BCUT2D eigenvalue weighted by Gasteiger charge is -2.16. The second-order valence-electron chi connectivity index (χ2n) is 7.14. The van der Waals surface area contributed by atoms with Crippen molar-refractivity contribution in [3.8, 4) is 17.2 Å². The molecule has 5 nitrogen and oxygen atoms in total. The number of aryl methyl sites for hydroxylation is 2. The summed E-state index contributed by atoms with van der Waals surface area (Å²) in [6.45, 7) is 10.2. The summed E-state index contributed by atoms with van der Waals surface area (Å²) in [4.78, 5) is 15.2. The van der Waals surface area contributed by atoms with Gasteiger partial charge in [-0.05, 0) is 69.0 Å². The molecule has 0 saturated carbocycles. The zero-order valence-electron chi connectivity index (χ0n) is 17.1. The summed E-state index contributed by atoms with van der Waals surface area (Å²) < 4.78 is 11.3. The van der Waals surface area contributed by atoms with E-state index >= 15 is 0 Å². The number of aromatic nitrogens is 1. The molecule has 0 radical (unpaired) electrons. The number of phenols is 1. The molecule has 0 saturated heterocycles. The van der Waals surface area contributed by atoms with Gasteiger partial charge in [-0.15, -0.1) is 0 Å². The molecule has 3 rings (SSSR count). The van der Waals surface area contributed by atoms with Gasteiger partial charge < -0.3 is 19.6 Å². The molecule has 0 aliphatic carbocycles. The largest absolute Gasteiger partial charge is 0.508 e. The molecule has 1 atom stereocenters. The van der Waals surface area contributed by atoms with Gasteiger partial charge in [-0.25, -0.2) is 4.79 Å². The molecule has 3 aromatic rings. The van der Waals surface area contributed by atoms with E-state index in [0.717, 1.165) is 39.8 Å². The third-order valence-corrected chi connectivity index (χ3v) is 5.17. The molecule has 28 heavy (non-hydrogen) atoms. The summed E-state index contributed by atoms with van der Waals surface area (Å²) in [5.41, 5.74) is 4.08. The van der Waals surface area contributed by atoms with Crippen molar-refractivity contribution in [3.05, 3.63) is 52.7 Å². The molecule has 0 amide bonds. The molecule has 0 fully saturated rings. The van der Waals surface area contributed by atoms with E-state index in [9.17, 15) is 9.90 Å². The summed E-state index contributed by atoms with van der Waals surface area (Å²) in [6, 6.07) is 9.11. The van der Waals surface area contributed by atoms with Crippen molar-refractivity contribution in [2.45, 2.75) is 47.0 Å². The fourth-order valence-corrected chi connectivity index (χ4v) is 3.40. The number of carbonyl (C=O) groups is 1. The standard InChI is InChI=1S/C23H27NO4/c1-6-13(3)17-11-16(8-9-21(17)25)28-22-14(4)10-19-18(15(22)5)12-20(24-19)23(26)27-7-2/h8-13,24-25H,6-7H2,1-5H3. The fourth-order valence-electron chi connectivity index (χ4n) is 3.40. The number of aromatic hydroxyl groups is 1. The maximum atomic E-state index is 12.0. The highest BCUT2D eigenvalue weighted by atomic mass is 16.5. The molecule has 1 heterocycles. The number of nitrogens with one attached hydrogen (secondary N) is 1. The molecule has 0 aliphatic rings. The first-order valence-electron chi connectivity index (χ1n) is 9.66. The van der Waals surface area contributed by atoms with Crippen molar-refractivity contribution < 1.29 is 19.4 Å². The quantitative estimate of drug-likeness (QED) is 0.516. The van der Waals surface area contributed by atoms with E-state index in [1.807, 2.05) is 26.0 Å². The van der Waals surface area contributed by atoms with Crippen molar-refractivity contribution in [2.75, 3.05) is 6.61 Å². The maximum Gasteiger partial charge on any atom is 0.354 e. The minimum Gasteiger partial charge on any atom is -0.508 e. The number of esters is 1. The highest BCUT2D eigenvalue weighted by Gasteiger charge is 2.17. The number of hydrogen-bond acceptors (Lipinski definition) is 4. The average molecular weight is 381 g/mol. The number of rotatable bonds is 6. The number of carbonyl (C=O) groups excluding carboxylic acids is 1. The summed E-state index contributed by atoms with van der Waals surface area (Å²) >= 11 is 0. The number of fused-ring (bicyclic) bond motifs is 1. The van der Waals surface area contributed by atoms with E-state index < -0.39 is 0 Å². The zero-order chi connectivity index (χ0) is 20.4. The van der Waals surface area contributed by atoms with Crippen LogP contribution in [-0.2, 0) is 4.74 Å². The molecule has 5 heteroatoms. The Bertz CT molecular complexity index is 1020. The zero-order valence-corrected chi connectivity index (χ0v) is 17.1. The Morgan fingerprint density at radius 2 is 1.93 bits per heavy atom. The molecule has 1 unspecified atom stereocenters. The smallest absolute Gasteiger partial charge is 0.354 e. The Hall–Kier alpha value is -2.95. The summed E-state index contributed by atoms with van der Waals surface area (Å²) in [6.07, 6.45) is 0.932. The monoisotopic (exact) mass is 381 g/mol. The van der Waals surface area contributed by atoms with Crippen LogP contribution in [0.2, 0.25) is 0 Å². The van der Waals surface area contributed by atoms with Crippen LogP contribution < -0.4 is 4.74 Å². The minimum absolute atomic E-state index is 0.241. The van der Waals surface area contributed by atoms with E-state index in [-0.39, 0.29) is 17.6 Å². The van der Waals surface area contributed by atoms with E-state index in [0.29, 0.717) is 18.1 Å². The first-order chi connectivity index (χ1) is 13.3. The topological polar surface area (TPSA) is 71.6 Å². The summed E-state index contributed by atoms with van der Waals surface area (Å²) in [5, 5.41) is 11.1. The van der Waals surface area contributed by atoms with Crippen molar-refractivity contribution in [1.29, 1.82) is 0 Å². The first-order valence-corrected chi connectivity index (χ1v) is 9.66. The number of aromatic amines is 1. The van der Waals surface area contributed by atoms with Crippen LogP contribution in [0.25, 0.3) is 10.9 Å². The van der Waals surface area contributed by atoms with Crippen LogP contribution in [0, 0.1) is 13.8 Å². The van der Waals surface area contributed by atoms with Crippen molar-refractivity contribution in [3.63, 3.8) is 0 Å². The number of H-pyrrole nitrogens is 1. The van der Waals surface area contributed by atoms with Crippen molar-refractivity contribution in [1.82, 2.24) is 4.98 Å². The maximum absolute atomic E-state index is 12.0. The first kappa shape index (κ1) is 19.8. The van der Waals surface area contributed by atoms with Crippen LogP contribution in [0.15, 0.2) is 30.3 Å². The molecule has 1 aromatic heterocycles. The molecule has 0 spiro atoms. The van der Waals surface area contributed by atoms with Crippen LogP contribution in [0.5, 0.6) is 17.2 Å². The Labute approximate surface area is 165 Å². The van der Waals surface area contributed by atoms with Gasteiger partial charge in [0, 0.05) is 22.0 Å². The number of phenolic OH excluding ortho intramolecular Hbond substituents is 1. The second-order valence-corrected chi connectivity index (χ2v) is 7.14. The van der Waals surface area contributed by atoms with Crippen LogP contribution in [0.4, 0.5) is 0 Å². The number of ether oxygens (including phenoxy) is 2. The molecule has 0 aliphatic heterocycles. The highest BCUT2D eigenvalue weighted by molar-refractivity contribution is 5.97. The van der Waals surface area contributed by atoms with Gasteiger partial charge in [-0.2, -0.15) is 0 Å². The Balaban J connectivity index is 2.01. The molecule has 2 aromatic carbocycles. The fraction of sp³-hybridized carbons (Fsp3) is 0.348. The van der Waals surface area contributed by atoms with Crippen LogP contribution in [-0.4, -0.2) is 22.7 Å². The predicted octanol–water partition coefficient (Wildman–Crippen LogP) is 5.97. The van der Waals surface area contributed by atoms with Gasteiger partial charge in [0.2, 0.25) is 0 Å². The third kappa shape index (κ3) is 3.70. The summed E-state index contributed by atoms with van der Waals surface area (Å²) in [7, 11) is 0. The van der Waals surface area contributed by atoms with Crippen LogP contribution in [0.3, 0.4) is 0 Å². The highest BCUT2D eigenvalue weighted by Crippen LogP contribution is 2.37. The van der Waals surface area contributed by atoms with Gasteiger partial charge in [0.1, 0.15) is 22.9 Å². The average Bonchev–Trinajstić information content (AvgIpc) is 3.10. The third-order valence-electron chi connectivity index (χ3n) is 5.17. The van der Waals surface area contributed by atoms with Gasteiger partial charge in [-0.3, -0.25) is 0 Å². The predicted molar refractivity (Wildman–Crippen MR) is 111 cm³/mol. The molecule has 2 N–H and O–H groups in total. The van der Waals surface area contributed by atoms with Crippen molar-refractivity contribution >= 4 is 16.9 Å².